The molecule has 2 heterocycles. The molecule has 182 valence electrons. The van der Waals surface area contributed by atoms with Gasteiger partial charge in [0.05, 0.1) is 5.41 Å². The van der Waals surface area contributed by atoms with E-state index in [1.54, 1.807) is 12.1 Å². The predicted molar refractivity (Wildman–Crippen MR) is 115 cm³/mol. The van der Waals surface area contributed by atoms with Crippen LogP contribution in [-0.2, 0) is 9.59 Å². The summed E-state index contributed by atoms with van der Waals surface area (Å²) in [6.07, 6.45) is -4.08. The van der Waals surface area contributed by atoms with Crippen LogP contribution in [0.3, 0.4) is 0 Å². The zero-order chi connectivity index (χ0) is 24.5. The first-order valence-electron chi connectivity index (χ1n) is 11.0. The molecule has 5 nitrogen and oxygen atoms in total. The smallest absolute Gasteiger partial charge is 0.355 e. The summed E-state index contributed by atoms with van der Waals surface area (Å²) >= 11 is 0. The second-order valence-corrected chi connectivity index (χ2v) is 8.74. The van der Waals surface area contributed by atoms with Crippen LogP contribution in [0, 0.1) is 17.0 Å². The Balaban J connectivity index is 1.44. The molecule has 0 saturated carbocycles. The summed E-state index contributed by atoms with van der Waals surface area (Å²) in [5.41, 5.74) is 0.169. The Hall–Kier alpha value is -3.01. The molecule has 2 aliphatic rings. The van der Waals surface area contributed by atoms with Crippen LogP contribution in [0.25, 0.3) is 0 Å². The summed E-state index contributed by atoms with van der Waals surface area (Å²) in [7, 11) is 0. The van der Waals surface area contributed by atoms with Crippen molar-refractivity contribution in [2.75, 3.05) is 37.6 Å². The van der Waals surface area contributed by atoms with E-state index in [1.807, 2.05) is 4.90 Å². The van der Waals surface area contributed by atoms with Crippen molar-refractivity contribution in [1.82, 2.24) is 10.2 Å². The largest absolute Gasteiger partial charge is 0.471 e. The number of anilines is 1. The minimum absolute atomic E-state index is 0.0382. The molecule has 2 aromatic carbocycles. The third-order valence-corrected chi connectivity index (χ3v) is 6.87. The number of hydrogen-bond acceptors (Lipinski definition) is 3. The Morgan fingerprint density at radius 1 is 1.00 bits per heavy atom. The van der Waals surface area contributed by atoms with Crippen molar-refractivity contribution in [3.8, 4) is 0 Å². The van der Waals surface area contributed by atoms with Crippen molar-refractivity contribution in [2.45, 2.75) is 24.9 Å². The van der Waals surface area contributed by atoms with Gasteiger partial charge < -0.3 is 15.1 Å². The van der Waals surface area contributed by atoms with E-state index < -0.39 is 23.3 Å². The lowest BCUT2D eigenvalue weighted by Crippen LogP contribution is -2.49. The molecule has 0 aromatic heterocycles. The van der Waals surface area contributed by atoms with Crippen molar-refractivity contribution < 1.29 is 31.5 Å². The summed E-state index contributed by atoms with van der Waals surface area (Å²) in [5, 5.41) is 2.91. The number of benzene rings is 2. The molecule has 1 N–H and O–H groups in total. The number of nitrogens with zero attached hydrogens (tertiary/aromatic N) is 2. The van der Waals surface area contributed by atoms with E-state index >= 15 is 0 Å². The maximum Gasteiger partial charge on any atom is 0.471 e. The molecule has 10 heteroatoms. The van der Waals surface area contributed by atoms with E-state index in [4.69, 9.17) is 0 Å². The van der Waals surface area contributed by atoms with Crippen LogP contribution in [0.4, 0.5) is 27.6 Å². The number of halogens is 5. The molecule has 0 radical (unpaired) electrons. The first-order valence-corrected chi connectivity index (χ1v) is 11.0. The normalized spacial score (nSPS) is 20.4. The van der Waals surface area contributed by atoms with E-state index in [2.05, 4.69) is 5.32 Å². The topological polar surface area (TPSA) is 52.7 Å². The van der Waals surface area contributed by atoms with Crippen molar-refractivity contribution in [1.29, 1.82) is 0 Å². The molecule has 0 bridgehead atoms. The van der Waals surface area contributed by atoms with Gasteiger partial charge in [-0.25, -0.2) is 8.78 Å². The maximum absolute atomic E-state index is 13.4. The first-order chi connectivity index (χ1) is 16.1. The van der Waals surface area contributed by atoms with Gasteiger partial charge in [-0.15, -0.1) is 0 Å². The van der Waals surface area contributed by atoms with E-state index in [9.17, 15) is 31.5 Å². The fourth-order valence-electron chi connectivity index (χ4n) is 4.97. The Labute approximate surface area is 193 Å². The number of nitrogens with one attached hydrogen (secondary N) is 1. The number of amides is 2. The molecular formula is C24H24F5N3O2. The summed E-state index contributed by atoms with van der Waals surface area (Å²) in [6, 6.07) is 10.4. The van der Waals surface area contributed by atoms with Crippen molar-refractivity contribution in [2.24, 2.45) is 5.41 Å². The highest BCUT2D eigenvalue weighted by atomic mass is 19.4. The van der Waals surface area contributed by atoms with Gasteiger partial charge in [0, 0.05) is 31.2 Å². The number of piperidine rings is 1. The van der Waals surface area contributed by atoms with Gasteiger partial charge in [-0.05, 0) is 67.9 Å². The van der Waals surface area contributed by atoms with Gasteiger partial charge in [-0.2, -0.15) is 13.2 Å². The number of hydrogen-bond donors (Lipinski definition) is 1. The average Bonchev–Trinajstić information content (AvgIpc) is 3.11. The molecule has 4 rings (SSSR count). The zero-order valence-corrected chi connectivity index (χ0v) is 18.2. The Kier molecular flexibility index (Phi) is 6.62. The van der Waals surface area contributed by atoms with Crippen LogP contribution >= 0.6 is 0 Å². The fraction of sp³-hybridized carbons (Fsp3) is 0.417. The van der Waals surface area contributed by atoms with E-state index in [-0.39, 0.29) is 36.4 Å². The van der Waals surface area contributed by atoms with Gasteiger partial charge in [-0.3, -0.25) is 9.59 Å². The number of likely N-dealkylation sites (tertiary alicyclic amines) is 1. The van der Waals surface area contributed by atoms with Gasteiger partial charge in [0.1, 0.15) is 11.6 Å². The van der Waals surface area contributed by atoms with Crippen LogP contribution in [-0.4, -0.2) is 55.6 Å². The highest BCUT2D eigenvalue weighted by Gasteiger charge is 2.52. The highest BCUT2D eigenvalue weighted by molar-refractivity contribution is 5.97. The van der Waals surface area contributed by atoms with Crippen LogP contribution < -0.4 is 10.2 Å². The van der Waals surface area contributed by atoms with Gasteiger partial charge in [0.15, 0.2) is 0 Å². The molecule has 2 amide bonds. The molecule has 34 heavy (non-hydrogen) atoms. The molecule has 2 saturated heterocycles. The Morgan fingerprint density at radius 2 is 1.56 bits per heavy atom. The summed E-state index contributed by atoms with van der Waals surface area (Å²) < 4.78 is 66.0. The molecule has 0 aliphatic carbocycles. The average molecular weight is 481 g/mol. The summed E-state index contributed by atoms with van der Waals surface area (Å²) in [4.78, 5) is 27.3. The number of carbonyl (C=O) groups excluding carboxylic acids is 2. The number of rotatable bonds is 5. The number of carbonyl (C=O) groups is 2. The number of alkyl halides is 3. The molecular weight excluding hydrogens is 457 g/mol. The lowest BCUT2D eigenvalue weighted by Gasteiger charge is -2.41. The SMILES string of the molecule is O=C(N(CCN1CCC2(CC1)C(=O)NCC2c1ccc(F)cc1)c1ccc(F)cc1)C(F)(F)F. The van der Waals surface area contributed by atoms with Crippen LogP contribution in [0.1, 0.15) is 24.3 Å². The van der Waals surface area contributed by atoms with Crippen molar-refractivity contribution in [3.63, 3.8) is 0 Å². The van der Waals surface area contributed by atoms with Crippen molar-refractivity contribution >= 4 is 17.5 Å². The van der Waals surface area contributed by atoms with Gasteiger partial charge in [0.2, 0.25) is 5.91 Å². The van der Waals surface area contributed by atoms with E-state index in [0.29, 0.717) is 37.4 Å². The van der Waals surface area contributed by atoms with Gasteiger partial charge in [0.25, 0.3) is 0 Å². The molecule has 2 aromatic rings. The van der Waals surface area contributed by atoms with Crippen molar-refractivity contribution in [3.05, 3.63) is 65.7 Å². The third kappa shape index (κ3) is 4.77. The molecule has 1 atom stereocenters. The zero-order valence-electron chi connectivity index (χ0n) is 18.2. The lowest BCUT2D eigenvalue weighted by molar-refractivity contribution is -0.170. The molecule has 1 spiro atoms. The minimum Gasteiger partial charge on any atom is -0.355 e. The fourth-order valence-corrected chi connectivity index (χ4v) is 4.97. The second-order valence-electron chi connectivity index (χ2n) is 8.74. The van der Waals surface area contributed by atoms with E-state index in [0.717, 1.165) is 29.8 Å². The van der Waals surface area contributed by atoms with Crippen LogP contribution in [0.5, 0.6) is 0 Å². The minimum atomic E-state index is -5.06. The Morgan fingerprint density at radius 3 is 2.12 bits per heavy atom. The Bertz CT molecular complexity index is 1030. The van der Waals surface area contributed by atoms with E-state index in [1.165, 1.54) is 12.1 Å². The van der Waals surface area contributed by atoms with Crippen LogP contribution in [0.2, 0.25) is 0 Å². The van der Waals surface area contributed by atoms with Gasteiger partial charge >= 0.3 is 12.1 Å². The maximum atomic E-state index is 13.4. The second kappa shape index (κ2) is 9.32. The standard InChI is InChI=1S/C24H24F5N3O2/c25-17-3-1-16(2-4-17)20-15-30-21(33)23(20)9-11-31(12-10-23)13-14-32(22(34)24(27,28)29)19-7-5-18(26)6-8-19/h1-8,20H,9-15H2,(H,30,33). The summed E-state index contributed by atoms with van der Waals surface area (Å²) in [5.74, 6) is -3.18. The molecule has 2 fully saturated rings. The predicted octanol–water partition coefficient (Wildman–Crippen LogP) is 3.86. The quantitative estimate of drug-likeness (QED) is 0.661. The highest BCUT2D eigenvalue weighted by Crippen LogP contribution is 2.47. The first kappa shape index (κ1) is 24.1. The molecule has 2 aliphatic heterocycles. The lowest BCUT2D eigenvalue weighted by atomic mass is 9.68. The van der Waals surface area contributed by atoms with Gasteiger partial charge in [-0.1, -0.05) is 12.1 Å². The monoisotopic (exact) mass is 481 g/mol. The summed E-state index contributed by atoms with van der Waals surface area (Å²) in [6.45, 7) is 1.30. The van der Waals surface area contributed by atoms with Crippen LogP contribution in [0.15, 0.2) is 48.5 Å². The third-order valence-electron chi connectivity index (χ3n) is 6.87. The molecule has 1 unspecified atom stereocenters.